The number of rotatable bonds is 8. The van der Waals surface area contributed by atoms with Crippen LogP contribution in [0.4, 0.5) is 0 Å². The van der Waals surface area contributed by atoms with E-state index < -0.39 is 11.7 Å². The SMILES string of the molecule is Cc1cc(OCC(C)(C)C(O)O)ncc1-c1ccc(-c2ncc(CC3CC3)[nH]2)nc1. The van der Waals surface area contributed by atoms with E-state index in [-0.39, 0.29) is 6.61 Å². The molecule has 4 rings (SSSR count). The molecule has 3 heterocycles. The van der Waals surface area contributed by atoms with Crippen LogP contribution in [0.5, 0.6) is 5.88 Å². The summed E-state index contributed by atoms with van der Waals surface area (Å²) < 4.78 is 5.66. The predicted molar refractivity (Wildman–Crippen MR) is 114 cm³/mol. The summed E-state index contributed by atoms with van der Waals surface area (Å²) in [6, 6.07) is 5.82. The molecule has 3 aromatic heterocycles. The van der Waals surface area contributed by atoms with Crippen LogP contribution in [0.2, 0.25) is 0 Å². The molecule has 0 amide bonds. The Morgan fingerprint density at radius 2 is 1.93 bits per heavy atom. The zero-order chi connectivity index (χ0) is 21.3. The zero-order valence-corrected chi connectivity index (χ0v) is 17.6. The average molecular weight is 409 g/mol. The molecule has 3 N–H and O–H groups in total. The van der Waals surface area contributed by atoms with Gasteiger partial charge in [0.1, 0.15) is 5.69 Å². The normalized spacial score (nSPS) is 14.3. The van der Waals surface area contributed by atoms with Gasteiger partial charge in [0.15, 0.2) is 12.1 Å². The second-order valence-corrected chi connectivity index (χ2v) is 8.83. The Morgan fingerprint density at radius 1 is 1.13 bits per heavy atom. The van der Waals surface area contributed by atoms with Gasteiger partial charge in [-0.2, -0.15) is 0 Å². The number of hydrogen-bond donors (Lipinski definition) is 3. The van der Waals surface area contributed by atoms with Gasteiger partial charge in [0, 0.05) is 46.9 Å². The van der Waals surface area contributed by atoms with Gasteiger partial charge < -0.3 is 19.9 Å². The largest absolute Gasteiger partial charge is 0.477 e. The van der Waals surface area contributed by atoms with Gasteiger partial charge in [-0.05, 0) is 43.7 Å². The van der Waals surface area contributed by atoms with Gasteiger partial charge in [0.2, 0.25) is 5.88 Å². The highest BCUT2D eigenvalue weighted by Crippen LogP contribution is 2.32. The predicted octanol–water partition coefficient (Wildman–Crippen LogP) is 3.51. The number of nitrogens with zero attached hydrogens (tertiary/aromatic N) is 3. The maximum absolute atomic E-state index is 9.39. The van der Waals surface area contributed by atoms with Gasteiger partial charge >= 0.3 is 0 Å². The summed E-state index contributed by atoms with van der Waals surface area (Å²) in [5.41, 5.74) is 4.14. The Bertz CT molecular complexity index is 1010. The Hall–Kier alpha value is -2.77. The van der Waals surface area contributed by atoms with Crippen molar-refractivity contribution in [2.75, 3.05) is 6.61 Å². The molecule has 1 aliphatic rings. The lowest BCUT2D eigenvalue weighted by Gasteiger charge is -2.26. The summed E-state index contributed by atoms with van der Waals surface area (Å²) in [6.07, 6.45) is 7.74. The van der Waals surface area contributed by atoms with Crippen LogP contribution in [-0.2, 0) is 6.42 Å². The van der Waals surface area contributed by atoms with Crippen molar-refractivity contribution in [2.45, 2.75) is 46.3 Å². The molecule has 0 radical (unpaired) electrons. The number of imidazole rings is 1. The highest BCUT2D eigenvalue weighted by molar-refractivity contribution is 5.67. The lowest BCUT2D eigenvalue weighted by Crippen LogP contribution is -2.34. The number of pyridine rings is 2. The molecule has 0 saturated heterocycles. The second-order valence-electron chi connectivity index (χ2n) is 8.83. The number of aryl methyl sites for hydroxylation is 1. The molecule has 0 atom stereocenters. The van der Waals surface area contributed by atoms with Crippen LogP contribution < -0.4 is 4.74 Å². The first-order chi connectivity index (χ1) is 14.3. The van der Waals surface area contributed by atoms with Gasteiger partial charge in [0.25, 0.3) is 0 Å². The standard InChI is InChI=1S/C23H28N4O3/c1-14-8-20(30-13-23(2,3)22(28)29)25-12-18(14)16-6-7-19(24-10-16)21-26-11-17(27-21)9-15-4-5-15/h6-8,10-12,15,22,28-29H,4-5,9,13H2,1-3H3,(H,26,27). The van der Waals surface area contributed by atoms with Crippen LogP contribution in [0, 0.1) is 18.3 Å². The number of nitrogens with one attached hydrogen (secondary N) is 1. The van der Waals surface area contributed by atoms with Gasteiger partial charge in [0.05, 0.1) is 6.61 Å². The van der Waals surface area contributed by atoms with Crippen molar-refractivity contribution < 1.29 is 14.9 Å². The van der Waals surface area contributed by atoms with Gasteiger partial charge in [-0.25, -0.2) is 9.97 Å². The average Bonchev–Trinajstić information content (AvgIpc) is 3.41. The third-order valence-electron chi connectivity index (χ3n) is 5.53. The second kappa shape index (κ2) is 8.16. The molecule has 7 heteroatoms. The highest BCUT2D eigenvalue weighted by Gasteiger charge is 2.27. The molecule has 0 aromatic carbocycles. The molecule has 0 bridgehead atoms. The first-order valence-corrected chi connectivity index (χ1v) is 10.3. The van der Waals surface area contributed by atoms with Gasteiger partial charge in [-0.1, -0.05) is 19.9 Å². The number of aliphatic hydroxyl groups excluding tert-OH is 1. The van der Waals surface area contributed by atoms with Crippen molar-refractivity contribution >= 4 is 0 Å². The van der Waals surface area contributed by atoms with E-state index in [1.807, 2.05) is 37.5 Å². The first kappa shape index (κ1) is 20.5. The molecule has 0 spiro atoms. The summed E-state index contributed by atoms with van der Waals surface area (Å²) >= 11 is 0. The molecule has 7 nitrogen and oxygen atoms in total. The van der Waals surface area contributed by atoms with Crippen molar-refractivity contribution in [3.63, 3.8) is 0 Å². The molecule has 1 saturated carbocycles. The number of H-pyrrole nitrogens is 1. The fourth-order valence-electron chi connectivity index (χ4n) is 3.17. The molecule has 0 unspecified atom stereocenters. The van der Waals surface area contributed by atoms with Crippen molar-refractivity contribution in [1.29, 1.82) is 0 Å². The van der Waals surface area contributed by atoms with Crippen LogP contribution in [0.3, 0.4) is 0 Å². The summed E-state index contributed by atoms with van der Waals surface area (Å²) in [6.45, 7) is 5.58. The lowest BCUT2D eigenvalue weighted by molar-refractivity contribution is -0.133. The molecule has 3 aromatic rings. The molecule has 30 heavy (non-hydrogen) atoms. The summed E-state index contributed by atoms with van der Waals surface area (Å²) in [5.74, 6) is 2.06. The Morgan fingerprint density at radius 3 is 2.57 bits per heavy atom. The molecule has 1 fully saturated rings. The molecule has 1 aliphatic carbocycles. The zero-order valence-electron chi connectivity index (χ0n) is 17.6. The van der Waals surface area contributed by atoms with E-state index in [0.717, 1.165) is 40.5 Å². The van der Waals surface area contributed by atoms with Crippen LogP contribution >= 0.6 is 0 Å². The van der Waals surface area contributed by atoms with Crippen LogP contribution in [0.25, 0.3) is 22.6 Å². The van der Waals surface area contributed by atoms with E-state index in [4.69, 9.17) is 4.74 Å². The first-order valence-electron chi connectivity index (χ1n) is 10.3. The number of aromatic nitrogens is 4. The number of ether oxygens (including phenoxy) is 1. The van der Waals surface area contributed by atoms with Crippen LogP contribution in [0.15, 0.2) is 36.8 Å². The maximum Gasteiger partial charge on any atom is 0.213 e. The topological polar surface area (TPSA) is 104 Å². The summed E-state index contributed by atoms with van der Waals surface area (Å²) in [4.78, 5) is 16.8. The number of hydrogen-bond acceptors (Lipinski definition) is 6. The minimum atomic E-state index is -1.46. The fourth-order valence-corrected chi connectivity index (χ4v) is 3.17. The van der Waals surface area contributed by atoms with Gasteiger partial charge in [-0.3, -0.25) is 4.98 Å². The molecular formula is C23H28N4O3. The van der Waals surface area contributed by atoms with Crippen molar-refractivity contribution in [3.05, 3.63) is 48.0 Å². The molecule has 0 aliphatic heterocycles. The third-order valence-corrected chi connectivity index (χ3v) is 5.53. The van der Waals surface area contributed by atoms with E-state index in [9.17, 15) is 10.2 Å². The molecular weight excluding hydrogens is 380 g/mol. The van der Waals surface area contributed by atoms with E-state index in [0.29, 0.717) is 5.88 Å². The summed E-state index contributed by atoms with van der Waals surface area (Å²) in [5, 5.41) is 18.8. The van der Waals surface area contributed by atoms with E-state index >= 15 is 0 Å². The van der Waals surface area contributed by atoms with E-state index in [2.05, 4.69) is 19.9 Å². The van der Waals surface area contributed by atoms with E-state index in [1.54, 1.807) is 20.0 Å². The van der Waals surface area contributed by atoms with Crippen molar-refractivity contribution in [1.82, 2.24) is 19.9 Å². The molecule has 158 valence electrons. The number of aliphatic hydroxyl groups is 2. The van der Waals surface area contributed by atoms with Crippen molar-refractivity contribution in [3.8, 4) is 28.5 Å². The van der Waals surface area contributed by atoms with Gasteiger partial charge in [-0.15, -0.1) is 0 Å². The Labute approximate surface area is 176 Å². The Kier molecular flexibility index (Phi) is 5.58. The third kappa shape index (κ3) is 4.68. The minimum Gasteiger partial charge on any atom is -0.477 e. The highest BCUT2D eigenvalue weighted by atomic mass is 16.5. The monoisotopic (exact) mass is 408 g/mol. The number of aromatic amines is 1. The minimum absolute atomic E-state index is 0.151. The summed E-state index contributed by atoms with van der Waals surface area (Å²) in [7, 11) is 0. The van der Waals surface area contributed by atoms with Crippen LogP contribution in [-0.4, -0.2) is 43.0 Å². The van der Waals surface area contributed by atoms with Crippen molar-refractivity contribution in [2.24, 2.45) is 11.3 Å². The van der Waals surface area contributed by atoms with E-state index in [1.165, 1.54) is 18.5 Å². The smallest absolute Gasteiger partial charge is 0.213 e. The fraction of sp³-hybridized carbons (Fsp3) is 0.435. The maximum atomic E-state index is 9.39. The lowest BCUT2D eigenvalue weighted by atomic mass is 9.94. The van der Waals surface area contributed by atoms with Crippen LogP contribution in [0.1, 0.15) is 37.9 Å². The Balaban J connectivity index is 1.45. The quantitative estimate of drug-likeness (QED) is 0.493.